The van der Waals surface area contributed by atoms with Gasteiger partial charge < -0.3 is 15.1 Å². The molecule has 1 atom stereocenters. The number of amides is 1. The van der Waals surface area contributed by atoms with Crippen molar-refractivity contribution < 1.29 is 4.79 Å². The first-order valence-corrected chi connectivity index (χ1v) is 9.78. The molecule has 1 amide bonds. The van der Waals surface area contributed by atoms with Crippen LogP contribution in [-0.2, 0) is 4.79 Å². The Kier molecular flexibility index (Phi) is 6.88. The van der Waals surface area contributed by atoms with Gasteiger partial charge in [0.25, 0.3) is 0 Å². The maximum Gasteiger partial charge on any atom is 0.225 e. The van der Waals surface area contributed by atoms with E-state index in [4.69, 9.17) is 23.2 Å². The minimum atomic E-state index is 0.0506. The molecule has 0 aliphatic carbocycles. The Morgan fingerprint density at radius 2 is 1.89 bits per heavy atom. The number of benzene rings is 1. The molecule has 8 heteroatoms. The minimum absolute atomic E-state index is 0.0506. The number of carbonyl (C=O) groups is 1. The number of hydrogen-bond donors (Lipinski definition) is 1. The van der Waals surface area contributed by atoms with Gasteiger partial charge in [-0.25, -0.2) is 9.97 Å². The predicted molar refractivity (Wildman–Crippen MR) is 108 cm³/mol. The number of carbonyl (C=O) groups excluding carboxylic acids is 1. The molecule has 1 aliphatic heterocycles. The van der Waals surface area contributed by atoms with Crippen molar-refractivity contribution in [3.63, 3.8) is 0 Å². The molecule has 1 aliphatic rings. The molecule has 6 nitrogen and oxygen atoms in total. The number of hydrogen-bond acceptors (Lipinski definition) is 5. The lowest BCUT2D eigenvalue weighted by Gasteiger charge is -2.34. The zero-order valence-electron chi connectivity index (χ0n) is 15.2. The highest BCUT2D eigenvalue weighted by atomic mass is 35.5. The largest absolute Gasteiger partial charge is 0.339 e. The lowest BCUT2D eigenvalue weighted by atomic mass is 10.1. The van der Waals surface area contributed by atoms with Gasteiger partial charge in [0.1, 0.15) is 0 Å². The molecule has 2 aromatic rings. The van der Waals surface area contributed by atoms with Crippen molar-refractivity contribution in [2.24, 2.45) is 0 Å². The van der Waals surface area contributed by atoms with Crippen LogP contribution in [0.3, 0.4) is 0 Å². The topological polar surface area (TPSA) is 61.4 Å². The van der Waals surface area contributed by atoms with E-state index in [0.717, 1.165) is 24.6 Å². The number of piperazine rings is 1. The second-order valence-electron chi connectivity index (χ2n) is 6.51. The fraction of sp³-hybridized carbons (Fsp3) is 0.421. The van der Waals surface area contributed by atoms with Gasteiger partial charge in [0.15, 0.2) is 0 Å². The van der Waals surface area contributed by atoms with E-state index in [1.165, 1.54) is 0 Å². The normalized spacial score (nSPS) is 15.7. The molecule has 1 aromatic carbocycles. The van der Waals surface area contributed by atoms with Gasteiger partial charge in [0, 0.05) is 67.6 Å². The molecular formula is C19H23Cl2N5O. The third-order valence-electron chi connectivity index (χ3n) is 4.69. The van der Waals surface area contributed by atoms with Gasteiger partial charge in [-0.2, -0.15) is 0 Å². The molecule has 27 heavy (non-hydrogen) atoms. The van der Waals surface area contributed by atoms with E-state index in [1.807, 2.05) is 24.0 Å². The zero-order valence-corrected chi connectivity index (χ0v) is 16.7. The minimum Gasteiger partial charge on any atom is -0.339 e. The molecule has 1 N–H and O–H groups in total. The summed E-state index contributed by atoms with van der Waals surface area (Å²) in [6.45, 7) is 5.50. The standard InChI is InChI=1S/C19H23Cl2N5O/c1-14(16-4-3-15(20)13-17(16)21)22-8-5-18(27)25-9-11-26(12-10-25)19-23-6-2-7-24-19/h2-4,6-7,13-14,22H,5,8-12H2,1H3. The highest BCUT2D eigenvalue weighted by Crippen LogP contribution is 2.26. The Balaban J connectivity index is 1.42. The van der Waals surface area contributed by atoms with Crippen molar-refractivity contribution in [1.29, 1.82) is 0 Å². The summed E-state index contributed by atoms with van der Waals surface area (Å²) in [6.07, 6.45) is 3.93. The molecule has 1 aromatic heterocycles. The third kappa shape index (κ3) is 5.31. The van der Waals surface area contributed by atoms with Crippen LogP contribution >= 0.6 is 23.2 Å². The second kappa shape index (κ2) is 9.35. The van der Waals surface area contributed by atoms with Gasteiger partial charge >= 0.3 is 0 Å². The van der Waals surface area contributed by atoms with Crippen LogP contribution in [0, 0.1) is 0 Å². The van der Waals surface area contributed by atoms with E-state index in [2.05, 4.69) is 20.2 Å². The summed E-state index contributed by atoms with van der Waals surface area (Å²) in [5, 5.41) is 4.61. The summed E-state index contributed by atoms with van der Waals surface area (Å²) in [5.41, 5.74) is 0.977. The molecule has 144 valence electrons. The number of nitrogens with one attached hydrogen (secondary N) is 1. The summed E-state index contributed by atoms with van der Waals surface area (Å²) in [5.74, 6) is 0.880. The third-order valence-corrected chi connectivity index (χ3v) is 5.25. The lowest BCUT2D eigenvalue weighted by molar-refractivity contribution is -0.131. The van der Waals surface area contributed by atoms with Gasteiger partial charge in [0.2, 0.25) is 11.9 Å². The van der Waals surface area contributed by atoms with Crippen molar-refractivity contribution in [2.75, 3.05) is 37.6 Å². The van der Waals surface area contributed by atoms with Gasteiger partial charge in [-0.1, -0.05) is 29.3 Å². The van der Waals surface area contributed by atoms with Crippen molar-refractivity contribution in [2.45, 2.75) is 19.4 Å². The molecule has 0 spiro atoms. The van der Waals surface area contributed by atoms with Crippen LogP contribution in [0.5, 0.6) is 0 Å². The van der Waals surface area contributed by atoms with Gasteiger partial charge in [0.05, 0.1) is 0 Å². The second-order valence-corrected chi connectivity index (χ2v) is 7.35. The first-order valence-electron chi connectivity index (χ1n) is 9.02. The molecule has 0 bridgehead atoms. The van der Waals surface area contributed by atoms with E-state index in [9.17, 15) is 4.79 Å². The highest BCUT2D eigenvalue weighted by molar-refractivity contribution is 6.35. The van der Waals surface area contributed by atoms with Gasteiger partial charge in [-0.15, -0.1) is 0 Å². The number of nitrogens with zero attached hydrogens (tertiary/aromatic N) is 4. The number of rotatable bonds is 6. The number of aromatic nitrogens is 2. The number of anilines is 1. The van der Waals surface area contributed by atoms with Crippen LogP contribution in [0.2, 0.25) is 10.0 Å². The molecule has 1 saturated heterocycles. The van der Waals surface area contributed by atoms with Crippen molar-refractivity contribution in [1.82, 2.24) is 20.2 Å². The van der Waals surface area contributed by atoms with Crippen LogP contribution in [-0.4, -0.2) is 53.5 Å². The van der Waals surface area contributed by atoms with E-state index in [0.29, 0.717) is 36.1 Å². The van der Waals surface area contributed by atoms with Crippen LogP contribution in [0.1, 0.15) is 24.9 Å². The molecule has 2 heterocycles. The van der Waals surface area contributed by atoms with E-state index in [1.54, 1.807) is 24.5 Å². The van der Waals surface area contributed by atoms with Crippen molar-refractivity contribution in [3.8, 4) is 0 Å². The summed E-state index contributed by atoms with van der Waals surface area (Å²) >= 11 is 12.2. The molecular weight excluding hydrogens is 385 g/mol. The van der Waals surface area contributed by atoms with Crippen LogP contribution in [0.25, 0.3) is 0 Å². The van der Waals surface area contributed by atoms with E-state index in [-0.39, 0.29) is 11.9 Å². The fourth-order valence-corrected chi connectivity index (χ4v) is 3.70. The van der Waals surface area contributed by atoms with Crippen LogP contribution in [0.15, 0.2) is 36.7 Å². The SMILES string of the molecule is CC(NCCC(=O)N1CCN(c2ncccn2)CC1)c1ccc(Cl)cc1Cl. The van der Waals surface area contributed by atoms with Crippen LogP contribution < -0.4 is 10.2 Å². The molecule has 3 rings (SSSR count). The summed E-state index contributed by atoms with van der Waals surface area (Å²) < 4.78 is 0. The smallest absolute Gasteiger partial charge is 0.225 e. The van der Waals surface area contributed by atoms with Crippen LogP contribution in [0.4, 0.5) is 5.95 Å². The zero-order chi connectivity index (χ0) is 19.2. The summed E-state index contributed by atoms with van der Waals surface area (Å²) in [6, 6.07) is 7.32. The first kappa shape index (κ1) is 19.9. The molecule has 1 unspecified atom stereocenters. The van der Waals surface area contributed by atoms with Gasteiger partial charge in [-0.05, 0) is 30.7 Å². The van der Waals surface area contributed by atoms with Gasteiger partial charge in [-0.3, -0.25) is 4.79 Å². The Morgan fingerprint density at radius 1 is 1.19 bits per heavy atom. The average molecular weight is 408 g/mol. The summed E-state index contributed by atoms with van der Waals surface area (Å²) in [4.78, 5) is 25.0. The predicted octanol–water partition coefficient (Wildman–Crippen LogP) is 3.17. The molecule has 1 fully saturated rings. The average Bonchev–Trinajstić information content (AvgIpc) is 2.68. The highest BCUT2D eigenvalue weighted by Gasteiger charge is 2.22. The Bertz CT molecular complexity index is 766. The van der Waals surface area contributed by atoms with Crippen molar-refractivity contribution in [3.05, 3.63) is 52.3 Å². The quantitative estimate of drug-likeness (QED) is 0.796. The Labute approximate surface area is 169 Å². The maximum absolute atomic E-state index is 12.5. The molecule has 0 saturated carbocycles. The number of halogens is 2. The first-order chi connectivity index (χ1) is 13.0. The van der Waals surface area contributed by atoms with E-state index < -0.39 is 0 Å². The Hall–Kier alpha value is -1.89. The summed E-state index contributed by atoms with van der Waals surface area (Å²) in [7, 11) is 0. The maximum atomic E-state index is 12.5. The van der Waals surface area contributed by atoms with Crippen molar-refractivity contribution >= 4 is 35.1 Å². The van der Waals surface area contributed by atoms with E-state index >= 15 is 0 Å². The lowest BCUT2D eigenvalue weighted by Crippen LogP contribution is -2.49. The Morgan fingerprint density at radius 3 is 2.56 bits per heavy atom. The monoisotopic (exact) mass is 407 g/mol. The fourth-order valence-electron chi connectivity index (χ4n) is 3.13. The molecule has 0 radical (unpaired) electrons.